The van der Waals surface area contributed by atoms with Gasteiger partial charge in [0.1, 0.15) is 5.82 Å². The van der Waals surface area contributed by atoms with E-state index >= 15 is 0 Å². The van der Waals surface area contributed by atoms with E-state index in [-0.39, 0.29) is 11.9 Å². The molecule has 0 radical (unpaired) electrons. The van der Waals surface area contributed by atoms with Gasteiger partial charge in [0, 0.05) is 29.1 Å². The predicted octanol–water partition coefficient (Wildman–Crippen LogP) is 5.64. The van der Waals surface area contributed by atoms with Gasteiger partial charge < -0.3 is 10.6 Å². The van der Waals surface area contributed by atoms with Crippen LogP contribution in [0.25, 0.3) is 11.4 Å². The van der Waals surface area contributed by atoms with Gasteiger partial charge in [-0.3, -0.25) is 4.79 Å². The molecule has 0 aliphatic heterocycles. The van der Waals surface area contributed by atoms with E-state index < -0.39 is 0 Å². The SMILES string of the molecule is CC(CCc1ccccc1)NC(=O)c1ccc(Nc2ccnc(-c3ccccc3)n2)cc1. The zero-order valence-electron chi connectivity index (χ0n) is 18.0. The molecule has 1 amide bonds. The molecule has 4 aromatic rings. The largest absolute Gasteiger partial charge is 0.350 e. The molecule has 0 spiro atoms. The first-order valence-electron chi connectivity index (χ1n) is 10.8. The van der Waals surface area contributed by atoms with Gasteiger partial charge in [-0.15, -0.1) is 0 Å². The molecule has 0 saturated heterocycles. The van der Waals surface area contributed by atoms with Crippen molar-refractivity contribution in [1.29, 1.82) is 0 Å². The van der Waals surface area contributed by atoms with Crippen molar-refractivity contribution in [2.75, 3.05) is 5.32 Å². The van der Waals surface area contributed by atoms with Gasteiger partial charge >= 0.3 is 0 Å². The van der Waals surface area contributed by atoms with E-state index in [1.54, 1.807) is 6.20 Å². The fourth-order valence-electron chi connectivity index (χ4n) is 3.41. The second-order valence-electron chi connectivity index (χ2n) is 7.73. The van der Waals surface area contributed by atoms with Crippen LogP contribution in [-0.2, 0) is 6.42 Å². The number of aryl methyl sites for hydroxylation is 1. The number of hydrogen-bond acceptors (Lipinski definition) is 4. The van der Waals surface area contributed by atoms with Crippen LogP contribution >= 0.6 is 0 Å². The Labute approximate surface area is 188 Å². The van der Waals surface area contributed by atoms with E-state index in [9.17, 15) is 4.79 Å². The summed E-state index contributed by atoms with van der Waals surface area (Å²) in [4.78, 5) is 21.5. The third kappa shape index (κ3) is 5.79. The fourth-order valence-corrected chi connectivity index (χ4v) is 3.41. The average molecular weight is 423 g/mol. The Balaban J connectivity index is 1.33. The summed E-state index contributed by atoms with van der Waals surface area (Å²) in [5, 5.41) is 6.36. The zero-order chi connectivity index (χ0) is 22.2. The number of nitrogens with zero attached hydrogens (tertiary/aromatic N) is 2. The van der Waals surface area contributed by atoms with E-state index in [4.69, 9.17) is 0 Å². The average Bonchev–Trinajstić information content (AvgIpc) is 2.84. The van der Waals surface area contributed by atoms with Crippen molar-refractivity contribution >= 4 is 17.4 Å². The van der Waals surface area contributed by atoms with Crippen LogP contribution in [0.2, 0.25) is 0 Å². The minimum absolute atomic E-state index is 0.0643. The molecule has 0 aliphatic rings. The van der Waals surface area contributed by atoms with E-state index in [0.717, 1.165) is 24.1 Å². The van der Waals surface area contributed by atoms with E-state index in [0.29, 0.717) is 17.2 Å². The van der Waals surface area contributed by atoms with Crippen LogP contribution in [0.3, 0.4) is 0 Å². The summed E-state index contributed by atoms with van der Waals surface area (Å²) in [5.41, 5.74) is 3.74. The Morgan fingerprint density at radius 1 is 0.875 bits per heavy atom. The topological polar surface area (TPSA) is 66.9 Å². The third-order valence-corrected chi connectivity index (χ3v) is 5.19. The van der Waals surface area contributed by atoms with Crippen molar-refractivity contribution in [3.8, 4) is 11.4 Å². The second-order valence-corrected chi connectivity index (χ2v) is 7.73. The first-order chi connectivity index (χ1) is 15.7. The highest BCUT2D eigenvalue weighted by molar-refractivity contribution is 5.94. The maximum Gasteiger partial charge on any atom is 0.251 e. The number of carbonyl (C=O) groups excluding carboxylic acids is 1. The molecule has 1 aromatic heterocycles. The van der Waals surface area contributed by atoms with E-state index in [2.05, 4.69) is 32.7 Å². The standard InChI is InChI=1S/C27H26N4O/c1-20(12-13-21-8-4-2-5-9-21)29-27(32)23-14-16-24(17-15-23)30-25-18-19-28-26(31-25)22-10-6-3-7-11-22/h2-11,14-20H,12-13H2,1H3,(H,29,32)(H,28,30,31). The molecule has 4 rings (SSSR count). The summed E-state index contributed by atoms with van der Waals surface area (Å²) < 4.78 is 0. The van der Waals surface area contributed by atoms with Gasteiger partial charge in [0.05, 0.1) is 0 Å². The first kappa shape index (κ1) is 21.2. The van der Waals surface area contributed by atoms with Crippen LogP contribution in [-0.4, -0.2) is 21.9 Å². The Kier molecular flexibility index (Phi) is 6.88. The molecular formula is C27H26N4O. The van der Waals surface area contributed by atoms with Crippen molar-refractivity contribution in [3.05, 3.63) is 108 Å². The molecule has 1 heterocycles. The van der Waals surface area contributed by atoms with Crippen LogP contribution in [0.1, 0.15) is 29.3 Å². The monoisotopic (exact) mass is 422 g/mol. The number of amides is 1. The van der Waals surface area contributed by atoms with Crippen molar-refractivity contribution in [1.82, 2.24) is 15.3 Å². The molecular weight excluding hydrogens is 396 g/mol. The molecule has 32 heavy (non-hydrogen) atoms. The number of benzene rings is 3. The van der Waals surface area contributed by atoms with Gasteiger partial charge in [0.25, 0.3) is 5.91 Å². The van der Waals surface area contributed by atoms with E-state index in [1.165, 1.54) is 5.56 Å². The Hall–Kier alpha value is -3.99. The van der Waals surface area contributed by atoms with E-state index in [1.807, 2.05) is 85.8 Å². The highest BCUT2D eigenvalue weighted by Gasteiger charge is 2.10. The van der Waals surface area contributed by atoms with Gasteiger partial charge in [0.2, 0.25) is 0 Å². The van der Waals surface area contributed by atoms with Crippen molar-refractivity contribution in [2.24, 2.45) is 0 Å². The van der Waals surface area contributed by atoms with Crippen LogP contribution in [0.15, 0.2) is 97.2 Å². The summed E-state index contributed by atoms with van der Waals surface area (Å²) in [6, 6.07) is 29.5. The molecule has 5 heteroatoms. The highest BCUT2D eigenvalue weighted by Crippen LogP contribution is 2.19. The van der Waals surface area contributed by atoms with Crippen LogP contribution in [0, 0.1) is 0 Å². The van der Waals surface area contributed by atoms with Crippen molar-refractivity contribution < 1.29 is 4.79 Å². The molecule has 0 bridgehead atoms. The molecule has 3 aromatic carbocycles. The lowest BCUT2D eigenvalue weighted by Crippen LogP contribution is -2.32. The van der Waals surface area contributed by atoms with Crippen LogP contribution in [0.4, 0.5) is 11.5 Å². The minimum atomic E-state index is -0.0643. The quantitative estimate of drug-likeness (QED) is 0.386. The van der Waals surface area contributed by atoms with Gasteiger partial charge in [-0.25, -0.2) is 9.97 Å². The number of carbonyl (C=O) groups is 1. The Morgan fingerprint density at radius 2 is 1.56 bits per heavy atom. The first-order valence-corrected chi connectivity index (χ1v) is 10.8. The molecule has 0 aliphatic carbocycles. The molecule has 0 fully saturated rings. The molecule has 5 nitrogen and oxygen atoms in total. The van der Waals surface area contributed by atoms with Gasteiger partial charge in [0.15, 0.2) is 5.82 Å². The number of anilines is 2. The van der Waals surface area contributed by atoms with Crippen molar-refractivity contribution in [3.63, 3.8) is 0 Å². The third-order valence-electron chi connectivity index (χ3n) is 5.19. The van der Waals surface area contributed by atoms with Crippen LogP contribution < -0.4 is 10.6 Å². The smallest absolute Gasteiger partial charge is 0.251 e. The summed E-state index contributed by atoms with van der Waals surface area (Å²) in [6.45, 7) is 2.04. The summed E-state index contributed by atoms with van der Waals surface area (Å²) in [5.74, 6) is 1.30. The number of nitrogens with one attached hydrogen (secondary N) is 2. The van der Waals surface area contributed by atoms with Crippen LogP contribution in [0.5, 0.6) is 0 Å². The van der Waals surface area contributed by atoms with Gasteiger partial charge in [-0.2, -0.15) is 0 Å². The summed E-state index contributed by atoms with van der Waals surface area (Å²) in [7, 11) is 0. The lowest BCUT2D eigenvalue weighted by Gasteiger charge is -2.14. The summed E-state index contributed by atoms with van der Waals surface area (Å²) >= 11 is 0. The fraction of sp³-hybridized carbons (Fsp3) is 0.148. The molecule has 1 atom stereocenters. The molecule has 160 valence electrons. The van der Waals surface area contributed by atoms with Gasteiger partial charge in [-0.1, -0.05) is 60.7 Å². The van der Waals surface area contributed by atoms with Crippen molar-refractivity contribution in [2.45, 2.75) is 25.8 Å². The predicted molar refractivity (Wildman–Crippen MR) is 129 cm³/mol. The normalized spacial score (nSPS) is 11.5. The molecule has 1 unspecified atom stereocenters. The molecule has 2 N–H and O–H groups in total. The Morgan fingerprint density at radius 3 is 2.28 bits per heavy atom. The lowest BCUT2D eigenvalue weighted by molar-refractivity contribution is 0.0938. The maximum absolute atomic E-state index is 12.6. The second kappa shape index (κ2) is 10.4. The number of aromatic nitrogens is 2. The zero-order valence-corrected chi connectivity index (χ0v) is 18.0. The summed E-state index contributed by atoms with van der Waals surface area (Å²) in [6.07, 6.45) is 3.57. The highest BCUT2D eigenvalue weighted by atomic mass is 16.1. The number of rotatable bonds is 8. The lowest BCUT2D eigenvalue weighted by atomic mass is 10.1. The van der Waals surface area contributed by atoms with Gasteiger partial charge in [-0.05, 0) is 55.7 Å². The Bertz CT molecular complexity index is 1150. The molecule has 0 saturated carbocycles. The maximum atomic E-state index is 12.6. The number of hydrogen-bond donors (Lipinski definition) is 2. The minimum Gasteiger partial charge on any atom is -0.350 e.